The summed E-state index contributed by atoms with van der Waals surface area (Å²) in [6.45, 7) is 2.03. The first-order chi connectivity index (χ1) is 9.65. The molecule has 1 unspecified atom stereocenters. The first kappa shape index (κ1) is 13.5. The summed E-state index contributed by atoms with van der Waals surface area (Å²) in [5.74, 6) is 0. The predicted molar refractivity (Wildman–Crippen MR) is 86.0 cm³/mol. The lowest BCUT2D eigenvalue weighted by Gasteiger charge is -2.25. The fourth-order valence-corrected chi connectivity index (χ4v) is 2.85. The molecular weight excluding hydrogens is 291 g/mol. The van der Waals surface area contributed by atoms with Gasteiger partial charge in [0.15, 0.2) is 0 Å². The van der Waals surface area contributed by atoms with Crippen molar-refractivity contribution in [3.05, 3.63) is 63.6 Å². The molecule has 0 saturated heterocycles. The SMILES string of the molecule is Cc1ccc(N2N=CCC2c2ccc(Cl)cc2)c(Cl)c1. The molecule has 0 amide bonds. The van der Waals surface area contributed by atoms with E-state index in [4.69, 9.17) is 23.2 Å². The fourth-order valence-electron chi connectivity index (χ4n) is 2.41. The van der Waals surface area contributed by atoms with Crippen LogP contribution in [0.3, 0.4) is 0 Å². The van der Waals surface area contributed by atoms with Gasteiger partial charge in [0.1, 0.15) is 0 Å². The third-order valence-electron chi connectivity index (χ3n) is 3.43. The molecule has 0 N–H and O–H groups in total. The van der Waals surface area contributed by atoms with Crippen LogP contribution in [0.25, 0.3) is 0 Å². The molecule has 1 aliphatic rings. The minimum absolute atomic E-state index is 0.174. The van der Waals surface area contributed by atoms with Gasteiger partial charge in [-0.05, 0) is 42.3 Å². The van der Waals surface area contributed by atoms with Gasteiger partial charge in [-0.25, -0.2) is 0 Å². The van der Waals surface area contributed by atoms with Gasteiger partial charge in [-0.2, -0.15) is 5.10 Å². The van der Waals surface area contributed by atoms with E-state index in [9.17, 15) is 0 Å². The third kappa shape index (κ3) is 2.54. The molecule has 2 aromatic carbocycles. The highest BCUT2D eigenvalue weighted by molar-refractivity contribution is 6.33. The second-order valence-corrected chi connectivity index (χ2v) is 5.74. The summed E-state index contributed by atoms with van der Waals surface area (Å²) in [7, 11) is 0. The van der Waals surface area contributed by atoms with Crippen LogP contribution in [0.5, 0.6) is 0 Å². The van der Waals surface area contributed by atoms with Crippen LogP contribution in [0.2, 0.25) is 10.0 Å². The van der Waals surface area contributed by atoms with Crippen molar-refractivity contribution in [1.29, 1.82) is 0 Å². The largest absolute Gasteiger partial charge is 0.256 e. The average Bonchev–Trinajstić information content (AvgIpc) is 2.88. The van der Waals surface area contributed by atoms with Gasteiger partial charge in [0.25, 0.3) is 0 Å². The van der Waals surface area contributed by atoms with Crippen molar-refractivity contribution in [3.63, 3.8) is 0 Å². The molecule has 0 radical (unpaired) electrons. The van der Waals surface area contributed by atoms with Crippen LogP contribution in [-0.4, -0.2) is 6.21 Å². The number of halogens is 2. The third-order valence-corrected chi connectivity index (χ3v) is 3.99. The van der Waals surface area contributed by atoms with E-state index in [1.807, 2.05) is 60.6 Å². The number of hydrogen-bond donors (Lipinski definition) is 0. The maximum absolute atomic E-state index is 6.35. The van der Waals surface area contributed by atoms with Gasteiger partial charge in [-0.15, -0.1) is 0 Å². The second kappa shape index (κ2) is 5.47. The van der Waals surface area contributed by atoms with E-state index in [-0.39, 0.29) is 6.04 Å². The van der Waals surface area contributed by atoms with Crippen LogP contribution < -0.4 is 5.01 Å². The highest BCUT2D eigenvalue weighted by Crippen LogP contribution is 2.37. The van der Waals surface area contributed by atoms with Crippen molar-refractivity contribution in [3.8, 4) is 0 Å². The average molecular weight is 305 g/mol. The van der Waals surface area contributed by atoms with E-state index < -0.39 is 0 Å². The minimum Gasteiger partial charge on any atom is -0.256 e. The molecular formula is C16H14Cl2N2. The number of aryl methyl sites for hydroxylation is 1. The number of benzene rings is 2. The van der Waals surface area contributed by atoms with E-state index >= 15 is 0 Å². The second-order valence-electron chi connectivity index (χ2n) is 4.90. The maximum atomic E-state index is 6.35. The van der Waals surface area contributed by atoms with E-state index in [1.165, 1.54) is 5.56 Å². The number of anilines is 1. The summed E-state index contributed by atoms with van der Waals surface area (Å²) in [6.07, 6.45) is 2.79. The lowest BCUT2D eigenvalue weighted by molar-refractivity contribution is 0.710. The van der Waals surface area contributed by atoms with Crippen molar-refractivity contribution in [2.45, 2.75) is 19.4 Å². The Balaban J connectivity index is 1.95. The molecule has 4 heteroatoms. The molecule has 1 atom stereocenters. The van der Waals surface area contributed by atoms with E-state index in [2.05, 4.69) is 5.10 Å². The number of rotatable bonds is 2. The van der Waals surface area contributed by atoms with Gasteiger partial charge in [-0.3, -0.25) is 5.01 Å². The fraction of sp³-hybridized carbons (Fsp3) is 0.188. The van der Waals surface area contributed by atoms with Crippen molar-refractivity contribution >= 4 is 35.1 Å². The Kier molecular flexibility index (Phi) is 3.68. The summed E-state index contributed by atoms with van der Waals surface area (Å²) in [5.41, 5.74) is 3.26. The van der Waals surface area contributed by atoms with E-state index in [1.54, 1.807) is 0 Å². The van der Waals surface area contributed by atoms with Gasteiger partial charge in [-0.1, -0.05) is 41.4 Å². The summed E-state index contributed by atoms with van der Waals surface area (Å²) in [5, 5.41) is 7.91. The standard InChI is InChI=1S/C16H14Cl2N2/c1-11-2-7-16(14(18)10-11)20-15(8-9-19-20)12-3-5-13(17)6-4-12/h2-7,9-10,15H,8H2,1H3. The molecule has 0 aromatic heterocycles. The normalized spacial score (nSPS) is 17.8. The number of hydrazone groups is 1. The molecule has 0 bridgehead atoms. The Morgan fingerprint density at radius 2 is 1.85 bits per heavy atom. The predicted octanol–water partition coefficient (Wildman–Crippen LogP) is 5.24. The molecule has 102 valence electrons. The first-order valence-corrected chi connectivity index (χ1v) is 7.24. The van der Waals surface area contributed by atoms with Crippen molar-refractivity contribution < 1.29 is 0 Å². The molecule has 1 heterocycles. The molecule has 2 aromatic rings. The van der Waals surface area contributed by atoms with Crippen LogP contribution >= 0.6 is 23.2 Å². The Hall–Kier alpha value is -1.51. The van der Waals surface area contributed by atoms with Gasteiger partial charge < -0.3 is 0 Å². The summed E-state index contributed by atoms with van der Waals surface area (Å²) >= 11 is 12.3. The minimum atomic E-state index is 0.174. The summed E-state index contributed by atoms with van der Waals surface area (Å²) in [6, 6.07) is 14.1. The van der Waals surface area contributed by atoms with Crippen LogP contribution in [0, 0.1) is 6.92 Å². The van der Waals surface area contributed by atoms with Gasteiger partial charge in [0, 0.05) is 17.7 Å². The molecule has 0 fully saturated rings. The van der Waals surface area contributed by atoms with E-state index in [0.29, 0.717) is 0 Å². The van der Waals surface area contributed by atoms with Crippen molar-refractivity contribution in [1.82, 2.24) is 0 Å². The topological polar surface area (TPSA) is 15.6 Å². The molecule has 0 spiro atoms. The zero-order valence-electron chi connectivity index (χ0n) is 11.1. The van der Waals surface area contributed by atoms with Gasteiger partial charge in [0.2, 0.25) is 0 Å². The summed E-state index contributed by atoms with van der Waals surface area (Å²) < 4.78 is 0. The highest BCUT2D eigenvalue weighted by Gasteiger charge is 2.25. The quantitative estimate of drug-likeness (QED) is 0.741. The zero-order chi connectivity index (χ0) is 14.1. The Morgan fingerprint density at radius 3 is 2.55 bits per heavy atom. The smallest absolute Gasteiger partial charge is 0.0826 e. The first-order valence-electron chi connectivity index (χ1n) is 6.48. The molecule has 0 aliphatic carbocycles. The molecule has 1 aliphatic heterocycles. The van der Waals surface area contributed by atoms with Gasteiger partial charge in [0.05, 0.1) is 16.8 Å². The van der Waals surface area contributed by atoms with Gasteiger partial charge >= 0.3 is 0 Å². The number of hydrogen-bond acceptors (Lipinski definition) is 2. The monoisotopic (exact) mass is 304 g/mol. The maximum Gasteiger partial charge on any atom is 0.0826 e. The van der Waals surface area contributed by atoms with Crippen molar-refractivity contribution in [2.75, 3.05) is 5.01 Å². The van der Waals surface area contributed by atoms with Crippen molar-refractivity contribution in [2.24, 2.45) is 5.10 Å². The Morgan fingerprint density at radius 1 is 1.10 bits per heavy atom. The van der Waals surface area contributed by atoms with Crippen LogP contribution in [0.15, 0.2) is 47.6 Å². The number of nitrogens with zero attached hydrogens (tertiary/aromatic N) is 2. The Labute approximate surface area is 128 Å². The highest BCUT2D eigenvalue weighted by atomic mass is 35.5. The van der Waals surface area contributed by atoms with E-state index in [0.717, 1.165) is 27.7 Å². The Bertz CT molecular complexity index is 650. The summed E-state index contributed by atoms with van der Waals surface area (Å²) in [4.78, 5) is 0. The van der Waals surface area contributed by atoms with Crippen LogP contribution in [0.4, 0.5) is 5.69 Å². The van der Waals surface area contributed by atoms with Crippen LogP contribution in [0.1, 0.15) is 23.6 Å². The lowest BCUT2D eigenvalue weighted by atomic mass is 10.0. The lowest BCUT2D eigenvalue weighted by Crippen LogP contribution is -2.18. The molecule has 0 saturated carbocycles. The van der Waals surface area contributed by atoms with Crippen LogP contribution in [-0.2, 0) is 0 Å². The zero-order valence-corrected chi connectivity index (χ0v) is 12.6. The molecule has 3 rings (SSSR count). The molecule has 2 nitrogen and oxygen atoms in total. The molecule has 20 heavy (non-hydrogen) atoms.